The number of hydrogen-bond acceptors (Lipinski definition) is 5. The summed E-state index contributed by atoms with van der Waals surface area (Å²) < 4.78 is 1.41. The van der Waals surface area contributed by atoms with E-state index < -0.39 is 11.5 Å². The highest BCUT2D eigenvalue weighted by Gasteiger charge is 2.50. The molecule has 0 aromatic carbocycles. The minimum Gasteiger partial charge on any atom is -0.479 e. The molecule has 3 aliphatic heterocycles. The zero-order valence-electron chi connectivity index (χ0n) is 16.3. The summed E-state index contributed by atoms with van der Waals surface area (Å²) in [6.45, 7) is 4.00. The fourth-order valence-corrected chi connectivity index (χ4v) is 4.44. The van der Waals surface area contributed by atoms with E-state index in [9.17, 15) is 19.5 Å². The number of aromatic nitrogens is 2. The van der Waals surface area contributed by atoms with E-state index in [1.165, 1.54) is 16.4 Å². The van der Waals surface area contributed by atoms with Crippen LogP contribution in [0.15, 0.2) is 6.20 Å². The van der Waals surface area contributed by atoms with Gasteiger partial charge in [0.2, 0.25) is 5.91 Å². The third-order valence-corrected chi connectivity index (χ3v) is 6.07. The van der Waals surface area contributed by atoms with Gasteiger partial charge in [-0.2, -0.15) is 0 Å². The van der Waals surface area contributed by atoms with Crippen LogP contribution >= 0.6 is 24.8 Å². The highest BCUT2D eigenvalue weighted by Crippen LogP contribution is 2.35. The summed E-state index contributed by atoms with van der Waals surface area (Å²) in [6.07, 6.45) is 5.15. The lowest BCUT2D eigenvalue weighted by Gasteiger charge is -2.39. The molecule has 1 aromatic rings. The molecule has 2 amide bonds. The average molecular weight is 448 g/mol. The summed E-state index contributed by atoms with van der Waals surface area (Å²) in [5, 5.41) is 13.3. The van der Waals surface area contributed by atoms with E-state index in [1.54, 1.807) is 6.20 Å². The number of nitrogens with zero attached hydrogens (tertiary/aromatic N) is 4. The maximum atomic E-state index is 13.1. The number of fused-ring (bicyclic) bond motifs is 1. The number of carboxylic acid groups (broad SMARTS) is 1. The highest BCUT2D eigenvalue weighted by atomic mass is 35.5. The lowest BCUT2D eigenvalue weighted by Crippen LogP contribution is -2.56. The van der Waals surface area contributed by atoms with Gasteiger partial charge in [0.15, 0.2) is 11.4 Å². The maximum absolute atomic E-state index is 13.1. The van der Waals surface area contributed by atoms with Gasteiger partial charge >= 0.3 is 12.0 Å². The van der Waals surface area contributed by atoms with Gasteiger partial charge in [-0.1, -0.05) is 0 Å². The van der Waals surface area contributed by atoms with Crippen molar-refractivity contribution in [1.29, 1.82) is 0 Å². The number of carbonyl (C=O) groups excluding carboxylic acids is 2. The number of piperidine rings is 2. The molecule has 2 fully saturated rings. The van der Waals surface area contributed by atoms with Gasteiger partial charge in [-0.25, -0.2) is 19.1 Å². The second kappa shape index (κ2) is 8.89. The molecule has 11 heteroatoms. The van der Waals surface area contributed by atoms with Gasteiger partial charge in [0, 0.05) is 19.0 Å². The second-order valence-corrected chi connectivity index (χ2v) is 7.68. The molecule has 4 rings (SSSR count). The van der Waals surface area contributed by atoms with Gasteiger partial charge in [0.25, 0.3) is 0 Å². The molecule has 0 radical (unpaired) electrons. The van der Waals surface area contributed by atoms with Crippen LogP contribution in [-0.4, -0.2) is 68.0 Å². The maximum Gasteiger partial charge on any atom is 0.337 e. The predicted molar refractivity (Wildman–Crippen MR) is 110 cm³/mol. The molecule has 162 valence electrons. The second-order valence-electron chi connectivity index (χ2n) is 7.68. The minimum atomic E-state index is -1.66. The lowest BCUT2D eigenvalue weighted by atomic mass is 9.95. The largest absolute Gasteiger partial charge is 0.479 e. The van der Waals surface area contributed by atoms with E-state index in [4.69, 9.17) is 0 Å². The molecular formula is C18H27Cl2N5O4. The van der Waals surface area contributed by atoms with E-state index >= 15 is 0 Å². The van der Waals surface area contributed by atoms with Crippen molar-refractivity contribution in [2.75, 3.05) is 19.6 Å². The predicted octanol–water partition coefficient (Wildman–Crippen LogP) is 1.57. The Bertz CT molecular complexity index is 795. The fraction of sp³-hybridized carbons (Fsp3) is 0.667. The molecule has 1 aromatic heterocycles. The summed E-state index contributed by atoms with van der Waals surface area (Å²) in [7, 11) is 0. The van der Waals surface area contributed by atoms with E-state index in [0.717, 1.165) is 38.8 Å². The standard InChI is InChI=1S/C18H25N5O4.2ClH/c1-18(16(25)26,22-9-3-2-4-14(22)24)15-20-10-13-11-21(17(27)23(13)15)12-5-7-19-8-6-12;;/h10,12,19H,2-9,11H2,1H3,(H,25,26);2*1H. The topological polar surface area (TPSA) is 108 Å². The molecule has 2 saturated heterocycles. The number of halogens is 2. The highest BCUT2D eigenvalue weighted by molar-refractivity contribution is 5.90. The molecule has 1 atom stereocenters. The summed E-state index contributed by atoms with van der Waals surface area (Å²) in [5.74, 6) is -1.25. The molecule has 2 N–H and O–H groups in total. The van der Waals surface area contributed by atoms with Gasteiger partial charge in [-0.05, 0) is 45.7 Å². The number of carbonyl (C=O) groups is 3. The van der Waals surface area contributed by atoms with Crippen molar-refractivity contribution in [2.45, 2.75) is 57.2 Å². The van der Waals surface area contributed by atoms with Crippen LogP contribution in [0.2, 0.25) is 0 Å². The van der Waals surface area contributed by atoms with E-state index in [-0.39, 0.29) is 48.6 Å². The fourth-order valence-electron chi connectivity index (χ4n) is 4.44. The van der Waals surface area contributed by atoms with Crippen LogP contribution in [0.1, 0.15) is 50.5 Å². The SMILES string of the molecule is CC(C(=O)O)(c1ncc2n1C(=O)N(C1CCNCC1)C2)N1CCCCC1=O.Cl.Cl. The summed E-state index contributed by atoms with van der Waals surface area (Å²) in [4.78, 5) is 45.4. The monoisotopic (exact) mass is 447 g/mol. The molecular weight excluding hydrogens is 421 g/mol. The number of amides is 2. The Morgan fingerprint density at radius 2 is 1.93 bits per heavy atom. The van der Waals surface area contributed by atoms with Gasteiger partial charge in [0.05, 0.1) is 18.4 Å². The van der Waals surface area contributed by atoms with Gasteiger partial charge in [-0.3, -0.25) is 4.79 Å². The Kier molecular flexibility index (Phi) is 7.19. The number of imidazole rings is 1. The van der Waals surface area contributed by atoms with Crippen molar-refractivity contribution in [1.82, 2.24) is 24.7 Å². The minimum absolute atomic E-state index is 0. The van der Waals surface area contributed by atoms with Crippen LogP contribution in [0.3, 0.4) is 0 Å². The Morgan fingerprint density at radius 1 is 1.24 bits per heavy atom. The Morgan fingerprint density at radius 3 is 2.55 bits per heavy atom. The lowest BCUT2D eigenvalue weighted by molar-refractivity contribution is -0.161. The Balaban J connectivity index is 0.00000150. The number of aliphatic carboxylic acids is 1. The number of carboxylic acids is 1. The normalized spacial score (nSPS) is 21.8. The van der Waals surface area contributed by atoms with Gasteiger partial charge < -0.3 is 20.2 Å². The van der Waals surface area contributed by atoms with Crippen LogP contribution in [-0.2, 0) is 21.7 Å². The molecule has 4 heterocycles. The van der Waals surface area contributed by atoms with E-state index in [0.29, 0.717) is 25.2 Å². The molecule has 29 heavy (non-hydrogen) atoms. The number of nitrogens with one attached hydrogen (secondary N) is 1. The Labute approximate surface area is 181 Å². The summed E-state index contributed by atoms with van der Waals surface area (Å²) >= 11 is 0. The molecule has 0 aliphatic carbocycles. The van der Waals surface area contributed by atoms with Crippen LogP contribution in [0, 0.1) is 0 Å². The molecule has 0 spiro atoms. The van der Waals surface area contributed by atoms with E-state index in [1.807, 2.05) is 4.90 Å². The molecule has 0 bridgehead atoms. The molecule has 0 saturated carbocycles. The molecule has 1 unspecified atom stereocenters. The van der Waals surface area contributed by atoms with Crippen LogP contribution < -0.4 is 5.32 Å². The van der Waals surface area contributed by atoms with Crippen LogP contribution in [0.5, 0.6) is 0 Å². The van der Waals surface area contributed by atoms with Gasteiger partial charge in [-0.15, -0.1) is 24.8 Å². The summed E-state index contributed by atoms with van der Waals surface area (Å²) in [5.41, 5.74) is -0.972. The first-order chi connectivity index (χ1) is 12.9. The van der Waals surface area contributed by atoms with Crippen molar-refractivity contribution >= 4 is 42.7 Å². The first-order valence-electron chi connectivity index (χ1n) is 9.57. The number of hydrogen-bond donors (Lipinski definition) is 2. The first kappa shape index (κ1) is 23.4. The zero-order chi connectivity index (χ0) is 19.2. The van der Waals surface area contributed by atoms with E-state index in [2.05, 4.69) is 10.3 Å². The number of rotatable bonds is 4. The van der Waals surface area contributed by atoms with Crippen molar-refractivity contribution < 1.29 is 19.5 Å². The van der Waals surface area contributed by atoms with Gasteiger partial charge in [0.1, 0.15) is 0 Å². The van der Waals surface area contributed by atoms with Crippen molar-refractivity contribution in [3.63, 3.8) is 0 Å². The quantitative estimate of drug-likeness (QED) is 0.724. The van der Waals surface area contributed by atoms with Crippen molar-refractivity contribution in [2.24, 2.45) is 0 Å². The average Bonchev–Trinajstić information content (AvgIpc) is 3.23. The smallest absolute Gasteiger partial charge is 0.337 e. The van der Waals surface area contributed by atoms with Crippen LogP contribution in [0.4, 0.5) is 4.79 Å². The number of likely N-dealkylation sites (tertiary alicyclic amines) is 1. The summed E-state index contributed by atoms with van der Waals surface area (Å²) in [6, 6.07) is -0.0967. The first-order valence-corrected chi connectivity index (χ1v) is 9.57. The van der Waals surface area contributed by atoms with Crippen molar-refractivity contribution in [3.8, 4) is 0 Å². The molecule has 9 nitrogen and oxygen atoms in total. The zero-order valence-corrected chi connectivity index (χ0v) is 17.9. The van der Waals surface area contributed by atoms with Crippen LogP contribution in [0.25, 0.3) is 0 Å². The third kappa shape index (κ3) is 3.71. The Hall–Kier alpha value is -1.84. The van der Waals surface area contributed by atoms with Crippen molar-refractivity contribution in [3.05, 3.63) is 17.7 Å². The third-order valence-electron chi connectivity index (χ3n) is 6.07. The molecule has 3 aliphatic rings.